The number of hydrogen-bond donors (Lipinski definition) is 4. The Balaban J connectivity index is 1.23. The number of nitrogen functional groups attached to an aromatic ring is 1. The summed E-state index contributed by atoms with van der Waals surface area (Å²) in [6.07, 6.45) is -14.1. The van der Waals surface area contributed by atoms with E-state index in [1.54, 1.807) is 12.1 Å². The highest BCUT2D eigenvalue weighted by Gasteiger charge is 2.54. The number of phosphoric ester groups is 2. The van der Waals surface area contributed by atoms with Gasteiger partial charge in [-0.05, 0) is 16.3 Å². The van der Waals surface area contributed by atoms with Crippen LogP contribution in [0.1, 0.15) is 24.3 Å². The minimum atomic E-state index is -5.23. The molecule has 7 unspecified atom stereocenters. The first-order valence-corrected chi connectivity index (χ1v) is 17.7. The number of phosphoric acid groups is 2. The molecule has 22 heteroatoms. The van der Waals surface area contributed by atoms with Crippen molar-refractivity contribution < 1.29 is 64.4 Å². The summed E-state index contributed by atoms with van der Waals surface area (Å²) in [5.41, 5.74) is 5.12. The highest BCUT2D eigenvalue weighted by molar-refractivity contribution is 7.47. The zero-order valence-electron chi connectivity index (χ0n) is 24.9. The van der Waals surface area contributed by atoms with Gasteiger partial charge in [0.05, 0.1) is 25.6 Å². The highest BCUT2D eigenvalue weighted by Crippen LogP contribution is 2.54. The number of halogens is 3. The molecule has 3 aliphatic heterocycles. The topological polar surface area (TPSA) is 229 Å². The molecule has 5 N–H and O–H groups in total. The SMILES string of the molecule is Nc1nc2c(ncn2C2OC3COP(=O)(O)O[C@@H]4C[C@H](c5cccc6ccccc56)OC4COP(=O)(O)OC2C3OCC(F)(F)F)c(=O)[nH]1. The number of rotatable bonds is 4. The van der Waals surface area contributed by atoms with E-state index < -0.39 is 90.1 Å². The van der Waals surface area contributed by atoms with Crippen LogP contribution in [0.25, 0.3) is 21.9 Å². The zero-order chi connectivity index (χ0) is 34.7. The van der Waals surface area contributed by atoms with E-state index in [1.807, 2.05) is 30.3 Å². The average molecular weight is 733 g/mol. The Morgan fingerprint density at radius 3 is 2.49 bits per heavy atom. The summed E-state index contributed by atoms with van der Waals surface area (Å²) in [6.45, 7) is -3.52. The van der Waals surface area contributed by atoms with Gasteiger partial charge in [-0.25, -0.2) is 14.1 Å². The molecule has 3 fully saturated rings. The third-order valence-electron chi connectivity index (χ3n) is 8.15. The van der Waals surface area contributed by atoms with Crippen LogP contribution >= 0.6 is 15.6 Å². The van der Waals surface area contributed by atoms with Crippen LogP contribution in [0, 0.1) is 0 Å². The molecule has 2 aromatic carbocycles. The molecular formula is C27H28F3N5O12P2. The molecule has 3 aliphatic rings. The molecule has 0 spiro atoms. The fourth-order valence-corrected chi connectivity index (χ4v) is 8.02. The maximum Gasteiger partial charge on any atom is 0.472 e. The number of imidazole rings is 1. The van der Waals surface area contributed by atoms with Crippen LogP contribution in [0.4, 0.5) is 19.1 Å². The van der Waals surface area contributed by atoms with Crippen molar-refractivity contribution in [2.75, 3.05) is 25.6 Å². The Kier molecular flexibility index (Phi) is 8.94. The van der Waals surface area contributed by atoms with Gasteiger partial charge in [0.1, 0.15) is 37.1 Å². The zero-order valence-corrected chi connectivity index (χ0v) is 26.7. The number of nitrogens with one attached hydrogen (secondary N) is 1. The first kappa shape index (κ1) is 34.2. The molecular weight excluding hydrogens is 705 g/mol. The summed E-state index contributed by atoms with van der Waals surface area (Å²) in [6, 6.07) is 12.9. The van der Waals surface area contributed by atoms with Gasteiger partial charge >= 0.3 is 21.8 Å². The van der Waals surface area contributed by atoms with E-state index in [4.69, 9.17) is 38.0 Å². The van der Waals surface area contributed by atoms with E-state index in [-0.39, 0.29) is 23.5 Å². The lowest BCUT2D eigenvalue weighted by atomic mass is 9.98. The van der Waals surface area contributed by atoms with Crippen molar-refractivity contribution >= 4 is 43.5 Å². The number of benzene rings is 2. The Hall–Kier alpha value is -3.26. The fourth-order valence-electron chi connectivity index (χ4n) is 6.13. The molecule has 3 saturated heterocycles. The first-order valence-electron chi connectivity index (χ1n) is 14.7. The van der Waals surface area contributed by atoms with Crippen molar-refractivity contribution in [2.45, 2.75) is 55.4 Å². The van der Waals surface area contributed by atoms with Crippen LogP contribution in [0.3, 0.4) is 0 Å². The Morgan fingerprint density at radius 2 is 1.71 bits per heavy atom. The van der Waals surface area contributed by atoms with E-state index in [0.29, 0.717) is 5.56 Å². The molecule has 264 valence electrons. The average Bonchev–Trinajstić information content (AvgIpc) is 3.72. The van der Waals surface area contributed by atoms with Gasteiger partial charge in [0, 0.05) is 6.42 Å². The van der Waals surface area contributed by atoms with Crippen LogP contribution in [0.5, 0.6) is 0 Å². The van der Waals surface area contributed by atoms with E-state index >= 15 is 0 Å². The van der Waals surface area contributed by atoms with Gasteiger partial charge in [0.25, 0.3) is 5.56 Å². The monoisotopic (exact) mass is 733 g/mol. The van der Waals surface area contributed by atoms with Gasteiger partial charge in [-0.1, -0.05) is 42.5 Å². The van der Waals surface area contributed by atoms with E-state index in [9.17, 15) is 36.9 Å². The molecule has 7 rings (SSSR count). The van der Waals surface area contributed by atoms with Gasteiger partial charge in [-0.15, -0.1) is 0 Å². The van der Waals surface area contributed by atoms with Crippen molar-refractivity contribution in [2.24, 2.45) is 0 Å². The summed E-state index contributed by atoms with van der Waals surface area (Å²) < 4.78 is 106. The number of ether oxygens (including phenoxy) is 3. The summed E-state index contributed by atoms with van der Waals surface area (Å²) >= 11 is 0. The molecule has 5 heterocycles. The standard InChI is InChI=1S/C27H28F3N5O12P2/c28-27(29,30)11-41-21-19-10-43-48(37,38)46-17-8-16(15-7-3-5-13-4-1-2-6-14(13)15)44-18(17)9-42-49(39,40)47-22(21)25(45-19)35-12-32-20-23(35)33-26(31)34-24(20)36/h1-7,12,16-19,21-22,25H,8-11H2,(H,37,38)(H,39,40)(H3,31,33,34,36)/t16-,17-,18?,19?,21?,22?,25?/m1/s1. The molecule has 17 nitrogen and oxygen atoms in total. The minimum absolute atomic E-state index is 0.00254. The predicted molar refractivity (Wildman–Crippen MR) is 160 cm³/mol. The predicted octanol–water partition coefficient (Wildman–Crippen LogP) is 3.25. The first-order chi connectivity index (χ1) is 23.2. The maximum atomic E-state index is 13.5. The van der Waals surface area contributed by atoms with E-state index in [1.165, 1.54) is 0 Å². The van der Waals surface area contributed by atoms with Gasteiger partial charge in [0.15, 0.2) is 17.4 Å². The van der Waals surface area contributed by atoms with Crippen LogP contribution in [-0.2, 0) is 41.4 Å². The number of nitrogens with zero attached hydrogens (tertiary/aromatic N) is 3. The number of hydrogen-bond acceptors (Lipinski definition) is 13. The smallest absolute Gasteiger partial charge is 0.369 e. The van der Waals surface area contributed by atoms with Gasteiger partial charge in [-0.2, -0.15) is 18.2 Å². The van der Waals surface area contributed by atoms with E-state index in [2.05, 4.69) is 15.0 Å². The summed E-state index contributed by atoms with van der Waals surface area (Å²) in [4.78, 5) is 44.2. The Bertz CT molecular complexity index is 2030. The Labute approximate surface area is 273 Å². The summed E-state index contributed by atoms with van der Waals surface area (Å²) in [5.74, 6) is -0.357. The van der Waals surface area contributed by atoms with Crippen molar-refractivity contribution in [3.8, 4) is 0 Å². The largest absolute Gasteiger partial charge is 0.472 e. The highest BCUT2D eigenvalue weighted by atomic mass is 31.2. The molecule has 2 aromatic heterocycles. The number of alkyl halides is 3. The lowest BCUT2D eigenvalue weighted by Gasteiger charge is -2.27. The fraction of sp³-hybridized carbons (Fsp3) is 0.444. The number of fused-ring (bicyclic) bond motifs is 5. The van der Waals surface area contributed by atoms with Crippen molar-refractivity contribution in [3.63, 3.8) is 0 Å². The molecule has 0 aliphatic carbocycles. The molecule has 0 radical (unpaired) electrons. The number of aromatic nitrogens is 4. The molecule has 0 saturated carbocycles. The van der Waals surface area contributed by atoms with Gasteiger partial charge in [-0.3, -0.25) is 32.4 Å². The third-order valence-corrected chi connectivity index (χ3v) is 10.1. The van der Waals surface area contributed by atoms with Gasteiger partial charge in [0.2, 0.25) is 5.95 Å². The van der Waals surface area contributed by atoms with Crippen LogP contribution in [0.2, 0.25) is 0 Å². The normalized spacial score (nSPS) is 34.3. The molecule has 0 amide bonds. The van der Waals surface area contributed by atoms with E-state index in [0.717, 1.165) is 21.7 Å². The van der Waals surface area contributed by atoms with Gasteiger partial charge < -0.3 is 29.7 Å². The number of anilines is 1. The second-order valence-corrected chi connectivity index (χ2v) is 14.3. The Morgan fingerprint density at radius 1 is 1.00 bits per heavy atom. The second-order valence-electron chi connectivity index (χ2n) is 11.4. The molecule has 4 aromatic rings. The van der Waals surface area contributed by atoms with Crippen molar-refractivity contribution in [3.05, 3.63) is 64.7 Å². The summed E-state index contributed by atoms with van der Waals surface area (Å²) in [7, 11) is -10.2. The quantitative estimate of drug-likeness (QED) is 0.221. The third kappa shape index (κ3) is 7.17. The molecule has 2 bridgehead atoms. The minimum Gasteiger partial charge on any atom is -0.369 e. The number of nitrogens with two attached hydrogens (primary N) is 1. The lowest BCUT2D eigenvalue weighted by molar-refractivity contribution is -0.196. The van der Waals surface area contributed by atoms with Crippen LogP contribution < -0.4 is 11.3 Å². The van der Waals surface area contributed by atoms with Crippen molar-refractivity contribution in [1.82, 2.24) is 19.5 Å². The second kappa shape index (κ2) is 12.8. The summed E-state index contributed by atoms with van der Waals surface area (Å²) in [5, 5.41) is 1.73. The lowest BCUT2D eigenvalue weighted by Crippen LogP contribution is -2.40. The number of aromatic amines is 1. The van der Waals surface area contributed by atoms with Crippen LogP contribution in [-0.4, -0.2) is 85.8 Å². The molecule has 49 heavy (non-hydrogen) atoms. The molecule has 9 atom stereocenters. The maximum absolute atomic E-state index is 13.5. The van der Waals surface area contributed by atoms with Crippen molar-refractivity contribution in [1.29, 1.82) is 0 Å². The van der Waals surface area contributed by atoms with Crippen LogP contribution in [0.15, 0.2) is 53.6 Å². The number of H-pyrrole nitrogens is 1.